The summed E-state index contributed by atoms with van der Waals surface area (Å²) < 4.78 is 33.1. The fourth-order valence-corrected chi connectivity index (χ4v) is 4.03. The molecule has 0 amide bonds. The highest BCUT2D eigenvalue weighted by molar-refractivity contribution is 7.91. The van der Waals surface area contributed by atoms with E-state index in [0.717, 1.165) is 0 Å². The second-order valence-electron chi connectivity index (χ2n) is 4.50. The first-order chi connectivity index (χ1) is 8.96. The Balaban J connectivity index is 2.26. The Morgan fingerprint density at radius 3 is 2.68 bits per heavy atom. The predicted octanol–water partition coefficient (Wildman–Crippen LogP) is -0.0717. The van der Waals surface area contributed by atoms with Crippen molar-refractivity contribution in [1.82, 2.24) is 9.97 Å². The molecule has 106 valence electrons. The van der Waals surface area contributed by atoms with Crippen molar-refractivity contribution in [2.24, 2.45) is 11.7 Å². The number of aromatic nitrogens is 2. The normalized spacial score (nSPS) is 23.0. The highest BCUT2D eigenvalue weighted by atomic mass is 32.2. The van der Waals surface area contributed by atoms with E-state index in [2.05, 4.69) is 9.97 Å². The number of methoxy groups -OCH3 is 2. The van der Waals surface area contributed by atoms with Crippen molar-refractivity contribution in [1.29, 1.82) is 0 Å². The van der Waals surface area contributed by atoms with Crippen molar-refractivity contribution in [2.75, 3.05) is 25.7 Å². The number of nitrogens with zero attached hydrogens (tertiary/aromatic N) is 2. The van der Waals surface area contributed by atoms with E-state index in [0.29, 0.717) is 18.0 Å². The molecule has 1 aliphatic rings. The minimum absolute atomic E-state index is 0.0883. The molecule has 8 heteroatoms. The van der Waals surface area contributed by atoms with Gasteiger partial charge in [-0.05, 0) is 12.3 Å². The molecule has 0 radical (unpaired) electrons. The lowest BCUT2D eigenvalue weighted by molar-refractivity contribution is 0.345. The summed E-state index contributed by atoms with van der Waals surface area (Å²) in [7, 11) is -0.0324. The summed E-state index contributed by atoms with van der Waals surface area (Å²) in [6.45, 7) is 0. The molecular formula is C11H17N3O4S. The predicted molar refractivity (Wildman–Crippen MR) is 68.8 cm³/mol. The fourth-order valence-electron chi connectivity index (χ4n) is 2.17. The molecule has 1 fully saturated rings. The third-order valence-corrected chi connectivity index (χ3v) is 5.03. The molecule has 0 aliphatic carbocycles. The van der Waals surface area contributed by atoms with Crippen LogP contribution in [-0.4, -0.2) is 44.1 Å². The molecule has 1 saturated heterocycles. The molecule has 1 aliphatic heterocycles. The van der Waals surface area contributed by atoms with Crippen molar-refractivity contribution in [3.63, 3.8) is 0 Å². The quantitative estimate of drug-likeness (QED) is 0.826. The number of rotatable bonds is 4. The molecule has 2 rings (SSSR count). The lowest BCUT2D eigenvalue weighted by Crippen LogP contribution is -2.24. The van der Waals surface area contributed by atoms with E-state index in [4.69, 9.17) is 15.2 Å². The van der Waals surface area contributed by atoms with Gasteiger partial charge in [0.05, 0.1) is 38.0 Å². The molecule has 1 aromatic rings. The third kappa shape index (κ3) is 2.95. The second-order valence-corrected chi connectivity index (χ2v) is 6.72. The van der Waals surface area contributed by atoms with E-state index in [1.807, 2.05) is 0 Å². The smallest absolute Gasteiger partial charge is 0.240 e. The second kappa shape index (κ2) is 5.30. The molecule has 2 atom stereocenters. The molecule has 2 heterocycles. The lowest BCUT2D eigenvalue weighted by Gasteiger charge is -2.18. The summed E-state index contributed by atoms with van der Waals surface area (Å²) in [5, 5.41) is 0. The minimum Gasteiger partial charge on any atom is -0.480 e. The summed E-state index contributed by atoms with van der Waals surface area (Å²) in [6.07, 6.45) is 1.99. The average molecular weight is 287 g/mol. The van der Waals surface area contributed by atoms with Gasteiger partial charge in [0, 0.05) is 0 Å². The van der Waals surface area contributed by atoms with Gasteiger partial charge in [0.25, 0.3) is 0 Å². The van der Waals surface area contributed by atoms with Crippen molar-refractivity contribution in [3.8, 4) is 11.8 Å². The molecule has 19 heavy (non-hydrogen) atoms. The maximum absolute atomic E-state index is 11.5. The Labute approximate surface area is 112 Å². The molecule has 1 aromatic heterocycles. The zero-order chi connectivity index (χ0) is 14.0. The zero-order valence-corrected chi connectivity index (χ0v) is 11.7. The average Bonchev–Trinajstić information content (AvgIpc) is 2.77. The highest BCUT2D eigenvalue weighted by Crippen LogP contribution is 2.32. The van der Waals surface area contributed by atoms with Gasteiger partial charge < -0.3 is 15.2 Å². The van der Waals surface area contributed by atoms with Crippen LogP contribution in [0.4, 0.5) is 0 Å². The maximum atomic E-state index is 11.5. The van der Waals surface area contributed by atoms with Crippen molar-refractivity contribution in [2.45, 2.75) is 12.5 Å². The van der Waals surface area contributed by atoms with Gasteiger partial charge in [0.1, 0.15) is 5.69 Å². The van der Waals surface area contributed by atoms with Crippen LogP contribution in [0.15, 0.2) is 6.20 Å². The van der Waals surface area contributed by atoms with Crippen LogP contribution in [-0.2, 0) is 9.84 Å². The number of hydrogen-bond acceptors (Lipinski definition) is 7. The highest BCUT2D eigenvalue weighted by Gasteiger charge is 2.34. The maximum Gasteiger partial charge on any atom is 0.240 e. The van der Waals surface area contributed by atoms with Crippen LogP contribution in [0.2, 0.25) is 0 Å². The minimum atomic E-state index is -2.97. The van der Waals surface area contributed by atoms with Gasteiger partial charge in [-0.2, -0.15) is 4.98 Å². The summed E-state index contributed by atoms with van der Waals surface area (Å²) in [5.74, 6) is 0.715. The van der Waals surface area contributed by atoms with Gasteiger partial charge >= 0.3 is 0 Å². The van der Waals surface area contributed by atoms with Gasteiger partial charge in [0.2, 0.25) is 11.8 Å². The van der Waals surface area contributed by atoms with Gasteiger partial charge in [-0.1, -0.05) is 0 Å². The molecule has 0 aromatic carbocycles. The number of hydrogen-bond donors (Lipinski definition) is 1. The SMILES string of the molecule is COc1cnc(C(N)C2CCS(=O)(=O)C2)c(OC)n1. The van der Waals surface area contributed by atoms with E-state index in [1.54, 1.807) is 0 Å². The topological polar surface area (TPSA) is 104 Å². The van der Waals surface area contributed by atoms with Crippen molar-refractivity contribution >= 4 is 9.84 Å². The molecule has 2 N–H and O–H groups in total. The monoisotopic (exact) mass is 287 g/mol. The summed E-state index contributed by atoms with van der Waals surface area (Å²) >= 11 is 0. The Bertz CT molecular complexity index is 561. The van der Waals surface area contributed by atoms with Crippen LogP contribution in [0.3, 0.4) is 0 Å². The van der Waals surface area contributed by atoms with E-state index < -0.39 is 15.9 Å². The Hall–Kier alpha value is -1.41. The van der Waals surface area contributed by atoms with E-state index in [-0.39, 0.29) is 23.3 Å². The molecule has 0 bridgehead atoms. The first kappa shape index (κ1) is 14.0. The summed E-state index contributed by atoms with van der Waals surface area (Å²) in [6, 6.07) is -0.509. The first-order valence-corrected chi connectivity index (χ1v) is 7.70. The first-order valence-electron chi connectivity index (χ1n) is 5.87. The van der Waals surface area contributed by atoms with E-state index in [9.17, 15) is 8.42 Å². The lowest BCUT2D eigenvalue weighted by atomic mass is 9.97. The van der Waals surface area contributed by atoms with Gasteiger partial charge in [-0.15, -0.1) is 0 Å². The molecular weight excluding hydrogens is 270 g/mol. The largest absolute Gasteiger partial charge is 0.480 e. The molecule has 0 saturated carbocycles. The van der Waals surface area contributed by atoms with Crippen LogP contribution < -0.4 is 15.2 Å². The third-order valence-electron chi connectivity index (χ3n) is 3.24. The molecule has 0 spiro atoms. The van der Waals surface area contributed by atoms with Crippen molar-refractivity contribution < 1.29 is 17.9 Å². The standard InChI is InChI=1S/C11H17N3O4S/c1-17-8-5-13-10(11(14-8)18-2)9(12)7-3-4-19(15,16)6-7/h5,7,9H,3-4,6,12H2,1-2H3. The Kier molecular flexibility index (Phi) is 3.91. The Morgan fingerprint density at radius 1 is 1.42 bits per heavy atom. The van der Waals surface area contributed by atoms with E-state index in [1.165, 1.54) is 20.4 Å². The number of nitrogens with two attached hydrogens (primary N) is 1. The fraction of sp³-hybridized carbons (Fsp3) is 0.636. The van der Waals surface area contributed by atoms with Crippen LogP contribution in [0, 0.1) is 5.92 Å². The number of sulfone groups is 1. The van der Waals surface area contributed by atoms with Crippen molar-refractivity contribution in [3.05, 3.63) is 11.9 Å². The molecule has 2 unspecified atom stereocenters. The Morgan fingerprint density at radius 2 is 2.16 bits per heavy atom. The van der Waals surface area contributed by atoms with Crippen LogP contribution >= 0.6 is 0 Å². The van der Waals surface area contributed by atoms with Crippen LogP contribution in [0.25, 0.3) is 0 Å². The van der Waals surface area contributed by atoms with Gasteiger partial charge in [-0.25, -0.2) is 13.4 Å². The number of ether oxygens (including phenoxy) is 2. The molecule has 7 nitrogen and oxygen atoms in total. The van der Waals surface area contributed by atoms with Crippen LogP contribution in [0.1, 0.15) is 18.2 Å². The zero-order valence-electron chi connectivity index (χ0n) is 10.9. The summed E-state index contributed by atoms with van der Waals surface area (Å²) in [4.78, 5) is 8.28. The van der Waals surface area contributed by atoms with Gasteiger partial charge in [0.15, 0.2) is 9.84 Å². The van der Waals surface area contributed by atoms with E-state index >= 15 is 0 Å². The van der Waals surface area contributed by atoms with Gasteiger partial charge in [-0.3, -0.25) is 0 Å². The van der Waals surface area contributed by atoms with Crippen LogP contribution in [0.5, 0.6) is 11.8 Å². The summed E-state index contributed by atoms with van der Waals surface area (Å²) in [5.41, 5.74) is 6.56.